The Morgan fingerprint density at radius 1 is 1.43 bits per heavy atom. The summed E-state index contributed by atoms with van der Waals surface area (Å²) in [6, 6.07) is 4.38. The number of aromatic nitrogens is 3. The molecule has 1 saturated carbocycles. The van der Waals surface area contributed by atoms with Crippen LogP contribution in [-0.2, 0) is 6.42 Å². The molecule has 1 unspecified atom stereocenters. The van der Waals surface area contributed by atoms with Crippen molar-refractivity contribution in [2.75, 3.05) is 6.54 Å². The summed E-state index contributed by atoms with van der Waals surface area (Å²) >= 11 is 0. The molecule has 5 heteroatoms. The Kier molecular flexibility index (Phi) is 4.29. The predicted molar refractivity (Wildman–Crippen MR) is 80.8 cm³/mol. The summed E-state index contributed by atoms with van der Waals surface area (Å²) in [5.74, 6) is 2.06. The second-order valence-electron chi connectivity index (χ2n) is 5.78. The summed E-state index contributed by atoms with van der Waals surface area (Å²) in [5, 5.41) is 7.68. The highest BCUT2D eigenvalue weighted by atomic mass is 16.5. The first-order valence-corrected chi connectivity index (χ1v) is 7.76. The first-order chi connectivity index (χ1) is 10.3. The van der Waals surface area contributed by atoms with E-state index in [0.29, 0.717) is 17.8 Å². The third-order valence-electron chi connectivity index (χ3n) is 3.93. The number of nitrogens with zero attached hydrogens (tertiary/aromatic N) is 3. The molecule has 0 amide bonds. The van der Waals surface area contributed by atoms with Gasteiger partial charge >= 0.3 is 0 Å². The van der Waals surface area contributed by atoms with Crippen LogP contribution in [0.15, 0.2) is 22.9 Å². The number of hydrogen-bond acceptors (Lipinski definition) is 5. The minimum atomic E-state index is 0.461. The summed E-state index contributed by atoms with van der Waals surface area (Å²) in [7, 11) is 0. The van der Waals surface area contributed by atoms with E-state index >= 15 is 0 Å². The van der Waals surface area contributed by atoms with Crippen molar-refractivity contribution in [1.82, 2.24) is 20.4 Å². The average Bonchev–Trinajstić information content (AvgIpc) is 3.24. The van der Waals surface area contributed by atoms with Gasteiger partial charge in [0.05, 0.1) is 0 Å². The van der Waals surface area contributed by atoms with Gasteiger partial charge in [-0.1, -0.05) is 18.1 Å². The first-order valence-electron chi connectivity index (χ1n) is 7.76. The van der Waals surface area contributed by atoms with Crippen molar-refractivity contribution in [1.29, 1.82) is 0 Å². The molecule has 2 heterocycles. The van der Waals surface area contributed by atoms with E-state index in [-0.39, 0.29) is 0 Å². The van der Waals surface area contributed by atoms with Crippen LogP contribution in [0.1, 0.15) is 37.6 Å². The van der Waals surface area contributed by atoms with Crippen LogP contribution < -0.4 is 5.32 Å². The molecule has 1 N–H and O–H groups in total. The molecular weight excluding hydrogens is 264 g/mol. The van der Waals surface area contributed by atoms with Crippen molar-refractivity contribution in [2.24, 2.45) is 5.92 Å². The molecule has 1 aliphatic carbocycles. The summed E-state index contributed by atoms with van der Waals surface area (Å²) in [4.78, 5) is 8.86. The maximum absolute atomic E-state index is 5.42. The highest BCUT2D eigenvalue weighted by Gasteiger charge is 2.32. The minimum absolute atomic E-state index is 0.461. The predicted octanol–water partition coefficient (Wildman–Crippen LogP) is 2.76. The molecule has 0 aromatic carbocycles. The van der Waals surface area contributed by atoms with Crippen molar-refractivity contribution < 1.29 is 4.52 Å². The lowest BCUT2D eigenvalue weighted by Gasteiger charge is -2.15. The quantitative estimate of drug-likeness (QED) is 0.848. The third-order valence-corrected chi connectivity index (χ3v) is 3.93. The molecule has 1 fully saturated rings. The van der Waals surface area contributed by atoms with E-state index in [1.165, 1.54) is 12.8 Å². The second kappa shape index (κ2) is 6.35. The topological polar surface area (TPSA) is 63.8 Å². The molecule has 0 saturated heterocycles. The standard InChI is InChI=1S/C16H22N4O/c1-3-8-17-13(12-6-7-12)10-14-19-16(20-21-14)15-11(2)5-4-9-18-15/h4-5,9,12-13,17H,3,6-8,10H2,1-2H3. The molecule has 3 rings (SSSR count). The van der Waals surface area contributed by atoms with Crippen molar-refractivity contribution in [3.63, 3.8) is 0 Å². The van der Waals surface area contributed by atoms with E-state index in [1.807, 2.05) is 19.1 Å². The van der Waals surface area contributed by atoms with Gasteiger partial charge in [-0.2, -0.15) is 4.98 Å². The molecule has 1 atom stereocenters. The van der Waals surface area contributed by atoms with Crippen LogP contribution in [-0.4, -0.2) is 27.7 Å². The summed E-state index contributed by atoms with van der Waals surface area (Å²) in [5.41, 5.74) is 1.87. The van der Waals surface area contributed by atoms with Gasteiger partial charge in [0.1, 0.15) is 5.69 Å². The molecule has 21 heavy (non-hydrogen) atoms. The van der Waals surface area contributed by atoms with E-state index in [1.54, 1.807) is 6.20 Å². The molecule has 0 radical (unpaired) electrons. The molecular formula is C16H22N4O. The number of nitrogens with one attached hydrogen (secondary N) is 1. The van der Waals surface area contributed by atoms with Crippen LogP contribution in [0.3, 0.4) is 0 Å². The Balaban J connectivity index is 1.71. The number of pyridine rings is 1. The van der Waals surface area contributed by atoms with E-state index in [9.17, 15) is 0 Å². The normalized spacial score (nSPS) is 16.1. The lowest BCUT2D eigenvalue weighted by Crippen LogP contribution is -2.33. The zero-order valence-corrected chi connectivity index (χ0v) is 12.7. The molecule has 0 bridgehead atoms. The lowest BCUT2D eigenvalue weighted by atomic mass is 10.1. The Labute approximate surface area is 125 Å². The molecule has 2 aromatic rings. The van der Waals surface area contributed by atoms with Crippen LogP contribution in [0.4, 0.5) is 0 Å². The molecule has 1 aliphatic rings. The molecule has 0 spiro atoms. The number of hydrogen-bond donors (Lipinski definition) is 1. The number of aryl methyl sites for hydroxylation is 1. The zero-order valence-electron chi connectivity index (χ0n) is 12.7. The van der Waals surface area contributed by atoms with Crippen LogP contribution in [0.5, 0.6) is 0 Å². The molecule has 5 nitrogen and oxygen atoms in total. The van der Waals surface area contributed by atoms with Gasteiger partial charge in [0.25, 0.3) is 0 Å². The van der Waals surface area contributed by atoms with Crippen molar-refractivity contribution in [2.45, 2.75) is 45.6 Å². The zero-order chi connectivity index (χ0) is 14.7. The van der Waals surface area contributed by atoms with E-state index < -0.39 is 0 Å². The maximum Gasteiger partial charge on any atom is 0.228 e. The van der Waals surface area contributed by atoms with E-state index in [2.05, 4.69) is 27.4 Å². The molecule has 2 aromatic heterocycles. The van der Waals surface area contributed by atoms with E-state index in [4.69, 9.17) is 4.52 Å². The highest BCUT2D eigenvalue weighted by molar-refractivity contribution is 5.53. The first kappa shape index (κ1) is 14.2. The van der Waals surface area contributed by atoms with Crippen molar-refractivity contribution >= 4 is 0 Å². The summed E-state index contributed by atoms with van der Waals surface area (Å²) in [6.45, 7) is 5.24. The van der Waals surface area contributed by atoms with Gasteiger partial charge in [-0.05, 0) is 50.3 Å². The monoisotopic (exact) mass is 286 g/mol. The largest absolute Gasteiger partial charge is 0.339 e. The second-order valence-corrected chi connectivity index (χ2v) is 5.78. The Hall–Kier alpha value is -1.75. The fourth-order valence-corrected chi connectivity index (χ4v) is 2.58. The Morgan fingerprint density at radius 3 is 3.00 bits per heavy atom. The molecule has 0 aliphatic heterocycles. The van der Waals surface area contributed by atoms with Crippen LogP contribution in [0, 0.1) is 12.8 Å². The van der Waals surface area contributed by atoms with Crippen LogP contribution in [0.25, 0.3) is 11.5 Å². The van der Waals surface area contributed by atoms with Crippen molar-refractivity contribution in [3.8, 4) is 11.5 Å². The Bertz CT molecular complexity index is 591. The highest BCUT2D eigenvalue weighted by Crippen LogP contribution is 2.34. The maximum atomic E-state index is 5.42. The van der Waals surface area contributed by atoms with Crippen molar-refractivity contribution in [3.05, 3.63) is 29.8 Å². The van der Waals surface area contributed by atoms with Crippen LogP contribution in [0.2, 0.25) is 0 Å². The smallest absolute Gasteiger partial charge is 0.228 e. The number of rotatable bonds is 7. The van der Waals surface area contributed by atoms with Gasteiger partial charge in [-0.3, -0.25) is 4.98 Å². The van der Waals surface area contributed by atoms with Gasteiger partial charge in [0, 0.05) is 18.7 Å². The van der Waals surface area contributed by atoms with E-state index in [0.717, 1.165) is 36.6 Å². The summed E-state index contributed by atoms with van der Waals surface area (Å²) < 4.78 is 5.42. The SMILES string of the molecule is CCCNC(Cc1nc(-c2ncccc2C)no1)C1CC1. The lowest BCUT2D eigenvalue weighted by molar-refractivity contribution is 0.346. The third kappa shape index (κ3) is 3.47. The minimum Gasteiger partial charge on any atom is -0.339 e. The van der Waals surface area contributed by atoms with Gasteiger partial charge in [0.15, 0.2) is 0 Å². The summed E-state index contributed by atoms with van der Waals surface area (Å²) in [6.07, 6.45) is 6.33. The average molecular weight is 286 g/mol. The van der Waals surface area contributed by atoms with Gasteiger partial charge in [-0.15, -0.1) is 0 Å². The van der Waals surface area contributed by atoms with Gasteiger partial charge < -0.3 is 9.84 Å². The fourth-order valence-electron chi connectivity index (χ4n) is 2.58. The fraction of sp³-hybridized carbons (Fsp3) is 0.562. The van der Waals surface area contributed by atoms with Crippen LogP contribution >= 0.6 is 0 Å². The Morgan fingerprint density at radius 2 is 2.29 bits per heavy atom. The molecule has 112 valence electrons. The van der Waals surface area contributed by atoms with Gasteiger partial charge in [0.2, 0.25) is 11.7 Å². The van der Waals surface area contributed by atoms with Gasteiger partial charge in [-0.25, -0.2) is 0 Å².